The van der Waals surface area contributed by atoms with Crippen LogP contribution in [-0.2, 0) is 6.54 Å². The van der Waals surface area contributed by atoms with E-state index in [0.717, 1.165) is 17.0 Å². The van der Waals surface area contributed by atoms with E-state index in [1.165, 1.54) is 0 Å². The zero-order valence-corrected chi connectivity index (χ0v) is 13.8. The van der Waals surface area contributed by atoms with Gasteiger partial charge in [0.25, 0.3) is 0 Å². The lowest BCUT2D eigenvalue weighted by atomic mass is 10.2. The van der Waals surface area contributed by atoms with Gasteiger partial charge in [0, 0.05) is 12.2 Å². The molecule has 0 fully saturated rings. The van der Waals surface area contributed by atoms with E-state index in [9.17, 15) is 0 Å². The van der Waals surface area contributed by atoms with E-state index in [4.69, 9.17) is 16.3 Å². The van der Waals surface area contributed by atoms with Crippen LogP contribution >= 0.6 is 11.6 Å². The van der Waals surface area contributed by atoms with Crippen LogP contribution in [0.5, 0.6) is 5.75 Å². The number of anilines is 3. The number of halogens is 1. The average molecular weight is 342 g/mol. The van der Waals surface area contributed by atoms with E-state index in [1.54, 1.807) is 7.11 Å². The first-order valence-corrected chi connectivity index (χ1v) is 7.71. The van der Waals surface area contributed by atoms with Crippen LogP contribution in [0.3, 0.4) is 0 Å². The quantitative estimate of drug-likeness (QED) is 0.708. The Morgan fingerprint density at radius 1 is 1.00 bits per heavy atom. The first kappa shape index (κ1) is 16.0. The molecule has 0 amide bonds. The number of hydrogen-bond acceptors (Lipinski definition) is 6. The fourth-order valence-electron chi connectivity index (χ4n) is 2.06. The minimum atomic E-state index is 0.228. The average Bonchev–Trinajstić information content (AvgIpc) is 2.63. The number of nitrogens with zero attached hydrogens (tertiary/aromatic N) is 3. The molecule has 2 N–H and O–H groups in total. The fraction of sp³-hybridized carbons (Fsp3) is 0.118. The second-order valence-electron chi connectivity index (χ2n) is 4.97. The second-order valence-corrected chi connectivity index (χ2v) is 5.33. The molecule has 122 valence electrons. The van der Waals surface area contributed by atoms with Gasteiger partial charge in [-0.2, -0.15) is 4.98 Å². The summed E-state index contributed by atoms with van der Waals surface area (Å²) >= 11 is 6.06. The summed E-state index contributed by atoms with van der Waals surface area (Å²) in [6.07, 6.45) is 0. The molecule has 0 atom stereocenters. The molecule has 3 rings (SSSR count). The maximum atomic E-state index is 6.06. The standard InChI is InChI=1S/C17H16ClN5O/c1-24-14-9-7-13(8-10-14)20-17-21-16(15(18)22-23-17)19-11-12-5-3-2-4-6-12/h2-10H,11H2,1H3,(H2,19,20,21,23). The normalized spacial score (nSPS) is 10.2. The predicted octanol–water partition coefficient (Wildman–Crippen LogP) is 3.89. The summed E-state index contributed by atoms with van der Waals surface area (Å²) in [6, 6.07) is 17.4. The summed E-state index contributed by atoms with van der Waals surface area (Å²) in [6.45, 7) is 0.598. The van der Waals surface area contributed by atoms with E-state index in [0.29, 0.717) is 18.3 Å². The summed E-state index contributed by atoms with van der Waals surface area (Å²) in [4.78, 5) is 4.37. The lowest BCUT2D eigenvalue weighted by Crippen LogP contribution is -2.07. The topological polar surface area (TPSA) is 72.0 Å². The number of hydrogen-bond donors (Lipinski definition) is 2. The lowest BCUT2D eigenvalue weighted by molar-refractivity contribution is 0.415. The number of methoxy groups -OCH3 is 1. The SMILES string of the molecule is COc1ccc(Nc2nnc(Cl)c(NCc3ccccc3)n2)cc1. The third kappa shape index (κ3) is 4.11. The molecule has 0 radical (unpaired) electrons. The van der Waals surface area contributed by atoms with Gasteiger partial charge in [-0.15, -0.1) is 10.2 Å². The highest BCUT2D eigenvalue weighted by Crippen LogP contribution is 2.21. The minimum absolute atomic E-state index is 0.228. The van der Waals surface area contributed by atoms with Crippen molar-refractivity contribution in [1.82, 2.24) is 15.2 Å². The van der Waals surface area contributed by atoms with E-state index >= 15 is 0 Å². The van der Waals surface area contributed by atoms with Crippen molar-refractivity contribution in [3.63, 3.8) is 0 Å². The van der Waals surface area contributed by atoms with Gasteiger partial charge in [-0.05, 0) is 29.8 Å². The van der Waals surface area contributed by atoms with Gasteiger partial charge in [-0.1, -0.05) is 41.9 Å². The number of rotatable bonds is 6. The summed E-state index contributed by atoms with van der Waals surface area (Å²) in [5.74, 6) is 1.62. The van der Waals surface area contributed by atoms with Gasteiger partial charge in [0.05, 0.1) is 7.11 Å². The van der Waals surface area contributed by atoms with Gasteiger partial charge in [0.1, 0.15) is 5.75 Å². The van der Waals surface area contributed by atoms with Crippen molar-refractivity contribution in [3.8, 4) is 5.75 Å². The molecule has 0 unspecified atom stereocenters. The van der Waals surface area contributed by atoms with Crippen LogP contribution in [0.1, 0.15) is 5.56 Å². The first-order valence-electron chi connectivity index (χ1n) is 7.33. The zero-order valence-electron chi connectivity index (χ0n) is 13.0. The van der Waals surface area contributed by atoms with Crippen LogP contribution in [0.4, 0.5) is 17.5 Å². The predicted molar refractivity (Wildman–Crippen MR) is 94.9 cm³/mol. The third-order valence-corrected chi connectivity index (χ3v) is 3.55. The van der Waals surface area contributed by atoms with Gasteiger partial charge < -0.3 is 15.4 Å². The van der Waals surface area contributed by atoms with Gasteiger partial charge in [0.2, 0.25) is 5.95 Å². The van der Waals surface area contributed by atoms with Crippen LogP contribution in [-0.4, -0.2) is 22.3 Å². The molecule has 6 nitrogen and oxygen atoms in total. The largest absolute Gasteiger partial charge is 0.497 e. The van der Waals surface area contributed by atoms with Crippen LogP contribution < -0.4 is 15.4 Å². The Labute approximate surface area is 144 Å². The minimum Gasteiger partial charge on any atom is -0.497 e. The fourth-order valence-corrected chi connectivity index (χ4v) is 2.21. The van der Waals surface area contributed by atoms with Crippen molar-refractivity contribution in [1.29, 1.82) is 0 Å². The van der Waals surface area contributed by atoms with Crippen molar-refractivity contribution < 1.29 is 4.74 Å². The molecule has 1 aromatic heterocycles. The van der Waals surface area contributed by atoms with Crippen molar-refractivity contribution in [2.24, 2.45) is 0 Å². The maximum Gasteiger partial charge on any atom is 0.249 e. The van der Waals surface area contributed by atoms with Gasteiger partial charge in [0.15, 0.2) is 11.0 Å². The summed E-state index contributed by atoms with van der Waals surface area (Å²) in [5.41, 5.74) is 1.95. The molecule has 1 heterocycles. The monoisotopic (exact) mass is 341 g/mol. The maximum absolute atomic E-state index is 6.06. The number of benzene rings is 2. The summed E-state index contributed by atoms with van der Waals surface area (Å²) in [5, 5.41) is 14.4. The van der Waals surface area contributed by atoms with Crippen LogP contribution in [0.15, 0.2) is 54.6 Å². The molecule has 0 spiro atoms. The molecule has 0 aliphatic carbocycles. The van der Waals surface area contributed by atoms with E-state index < -0.39 is 0 Å². The molecular weight excluding hydrogens is 326 g/mol. The Morgan fingerprint density at radius 2 is 1.75 bits per heavy atom. The third-order valence-electron chi connectivity index (χ3n) is 3.29. The molecule has 3 aromatic rings. The van der Waals surface area contributed by atoms with Gasteiger partial charge in [-0.25, -0.2) is 0 Å². The van der Waals surface area contributed by atoms with Crippen LogP contribution in [0, 0.1) is 0 Å². The Kier molecular flexibility index (Phi) is 5.08. The molecule has 0 saturated carbocycles. The summed E-state index contributed by atoms with van der Waals surface area (Å²) in [7, 11) is 1.62. The molecular formula is C17H16ClN5O. The Balaban J connectivity index is 1.70. The number of nitrogens with one attached hydrogen (secondary N) is 2. The zero-order chi connectivity index (χ0) is 16.8. The molecule has 0 saturated heterocycles. The molecule has 24 heavy (non-hydrogen) atoms. The van der Waals surface area contributed by atoms with Crippen molar-refractivity contribution in [2.45, 2.75) is 6.54 Å². The van der Waals surface area contributed by atoms with Crippen LogP contribution in [0.25, 0.3) is 0 Å². The van der Waals surface area contributed by atoms with Gasteiger partial charge in [-0.3, -0.25) is 0 Å². The van der Waals surface area contributed by atoms with E-state index in [2.05, 4.69) is 25.8 Å². The molecule has 0 aliphatic heterocycles. The smallest absolute Gasteiger partial charge is 0.249 e. The van der Waals surface area contributed by atoms with E-state index in [-0.39, 0.29) is 5.15 Å². The van der Waals surface area contributed by atoms with Crippen molar-refractivity contribution in [3.05, 3.63) is 65.3 Å². The molecule has 2 aromatic carbocycles. The molecule has 0 bridgehead atoms. The highest BCUT2D eigenvalue weighted by molar-refractivity contribution is 6.31. The summed E-state index contributed by atoms with van der Waals surface area (Å²) < 4.78 is 5.13. The lowest BCUT2D eigenvalue weighted by Gasteiger charge is -2.09. The molecule has 7 heteroatoms. The highest BCUT2D eigenvalue weighted by Gasteiger charge is 2.07. The van der Waals surface area contributed by atoms with Gasteiger partial charge >= 0.3 is 0 Å². The molecule has 0 aliphatic rings. The Bertz CT molecular complexity index is 796. The number of aromatic nitrogens is 3. The Hall–Kier alpha value is -2.86. The van der Waals surface area contributed by atoms with E-state index in [1.807, 2.05) is 54.6 Å². The second kappa shape index (κ2) is 7.61. The highest BCUT2D eigenvalue weighted by atomic mass is 35.5. The Morgan fingerprint density at radius 3 is 2.46 bits per heavy atom. The first-order chi connectivity index (χ1) is 11.7. The number of ether oxygens (including phenoxy) is 1. The van der Waals surface area contributed by atoms with Crippen molar-refractivity contribution >= 4 is 29.1 Å². The van der Waals surface area contributed by atoms with Crippen LogP contribution in [0.2, 0.25) is 5.15 Å². The van der Waals surface area contributed by atoms with Crippen molar-refractivity contribution in [2.75, 3.05) is 17.7 Å².